The summed E-state index contributed by atoms with van der Waals surface area (Å²) >= 11 is 0.734. The normalized spacial score (nSPS) is 10.7. The van der Waals surface area contributed by atoms with E-state index in [4.69, 9.17) is 5.11 Å². The molecule has 7 heteroatoms. The number of hydrogen-bond donors (Lipinski definition) is 2. The molecule has 5 nitrogen and oxygen atoms in total. The van der Waals surface area contributed by atoms with Crippen LogP contribution in [0, 0.1) is 18.8 Å². The van der Waals surface area contributed by atoms with Gasteiger partial charge in [0.25, 0.3) is 10.0 Å². The molecular weight excluding hydrogens is 262 g/mol. The predicted octanol–water partition coefficient (Wildman–Crippen LogP) is 1.06. The van der Waals surface area contributed by atoms with E-state index in [1.165, 1.54) is 6.07 Å². The fourth-order valence-electron chi connectivity index (χ4n) is 1.09. The zero-order valence-electron chi connectivity index (χ0n) is 9.27. The Labute approximate surface area is 104 Å². The van der Waals surface area contributed by atoms with Crippen LogP contribution in [0.5, 0.6) is 0 Å². The number of rotatable bonds is 4. The average Bonchev–Trinajstić information content (AvgIpc) is 2.61. The lowest BCUT2D eigenvalue weighted by Gasteiger charge is -1.99. The molecule has 0 radical (unpaired) electrons. The van der Waals surface area contributed by atoms with Gasteiger partial charge in [0.05, 0.1) is 6.54 Å². The molecule has 1 rings (SSSR count). The van der Waals surface area contributed by atoms with Crippen LogP contribution in [0.1, 0.15) is 22.2 Å². The number of aromatic carboxylic acids is 1. The summed E-state index contributed by atoms with van der Waals surface area (Å²) in [6.45, 7) is 3.18. The van der Waals surface area contributed by atoms with Gasteiger partial charge in [-0.25, -0.2) is 13.2 Å². The van der Waals surface area contributed by atoms with Crippen molar-refractivity contribution in [1.82, 2.24) is 4.72 Å². The highest BCUT2D eigenvalue weighted by Gasteiger charge is 2.20. The number of carboxylic acids is 1. The fraction of sp³-hybridized carbons (Fsp3) is 0.300. The third kappa shape index (κ3) is 3.30. The van der Waals surface area contributed by atoms with E-state index in [9.17, 15) is 13.2 Å². The second-order valence-electron chi connectivity index (χ2n) is 3.13. The molecule has 17 heavy (non-hydrogen) atoms. The lowest BCUT2D eigenvalue weighted by molar-refractivity contribution is 0.0701. The molecule has 1 aromatic rings. The van der Waals surface area contributed by atoms with Gasteiger partial charge in [-0.15, -0.1) is 17.3 Å². The molecule has 0 aliphatic heterocycles. The van der Waals surface area contributed by atoms with Crippen molar-refractivity contribution in [3.05, 3.63) is 16.5 Å². The third-order valence-electron chi connectivity index (χ3n) is 1.88. The van der Waals surface area contributed by atoms with Crippen molar-refractivity contribution >= 4 is 27.3 Å². The van der Waals surface area contributed by atoms with Crippen LogP contribution < -0.4 is 4.72 Å². The summed E-state index contributed by atoms with van der Waals surface area (Å²) in [6.07, 6.45) is 0. The summed E-state index contributed by atoms with van der Waals surface area (Å²) in [7, 11) is -3.67. The van der Waals surface area contributed by atoms with Crippen molar-refractivity contribution in [2.24, 2.45) is 0 Å². The second kappa shape index (κ2) is 5.31. The molecule has 0 aromatic carbocycles. The summed E-state index contributed by atoms with van der Waals surface area (Å²) in [6, 6.07) is 1.34. The van der Waals surface area contributed by atoms with Crippen molar-refractivity contribution in [1.29, 1.82) is 0 Å². The first-order valence-corrected chi connectivity index (χ1v) is 6.91. The van der Waals surface area contributed by atoms with Crippen molar-refractivity contribution in [3.8, 4) is 11.8 Å². The first-order chi connectivity index (χ1) is 7.88. The van der Waals surface area contributed by atoms with Crippen molar-refractivity contribution < 1.29 is 18.3 Å². The monoisotopic (exact) mass is 273 g/mol. The third-order valence-corrected chi connectivity index (χ3v) is 4.98. The minimum Gasteiger partial charge on any atom is -0.477 e. The van der Waals surface area contributed by atoms with E-state index in [1.54, 1.807) is 13.8 Å². The van der Waals surface area contributed by atoms with Gasteiger partial charge in [0.2, 0.25) is 0 Å². The molecule has 0 spiro atoms. The summed E-state index contributed by atoms with van der Waals surface area (Å²) in [5.74, 6) is 4.00. The highest BCUT2D eigenvalue weighted by Crippen LogP contribution is 2.25. The number of nitrogens with one attached hydrogen (secondary N) is 1. The first-order valence-electron chi connectivity index (χ1n) is 4.61. The van der Waals surface area contributed by atoms with E-state index in [1.807, 2.05) is 0 Å². The van der Waals surface area contributed by atoms with E-state index in [0.29, 0.717) is 5.56 Å². The Morgan fingerprint density at radius 3 is 2.71 bits per heavy atom. The maximum absolute atomic E-state index is 11.7. The van der Waals surface area contributed by atoms with Crippen LogP contribution in [-0.2, 0) is 10.0 Å². The van der Waals surface area contributed by atoms with Crippen LogP contribution in [0.2, 0.25) is 0 Å². The molecule has 0 fully saturated rings. The SMILES string of the molecule is CC#CCNS(=O)(=O)c1cc(C)c(C(=O)O)s1. The minimum absolute atomic E-state index is 0.00898. The summed E-state index contributed by atoms with van der Waals surface area (Å²) < 4.78 is 25.7. The number of aryl methyl sites for hydroxylation is 1. The van der Waals surface area contributed by atoms with E-state index in [-0.39, 0.29) is 15.6 Å². The molecule has 0 atom stereocenters. The van der Waals surface area contributed by atoms with Crippen molar-refractivity contribution in [3.63, 3.8) is 0 Å². The number of carboxylic acid groups (broad SMARTS) is 1. The number of carbonyl (C=O) groups is 1. The molecule has 0 saturated carbocycles. The van der Waals surface area contributed by atoms with Gasteiger partial charge in [-0.2, -0.15) is 4.72 Å². The lowest BCUT2D eigenvalue weighted by atomic mass is 10.3. The molecule has 2 N–H and O–H groups in total. The molecule has 92 valence electrons. The Balaban J connectivity index is 3.02. The summed E-state index contributed by atoms with van der Waals surface area (Å²) in [5, 5.41) is 8.83. The maximum atomic E-state index is 11.7. The van der Waals surface area contributed by atoms with Gasteiger partial charge in [0, 0.05) is 0 Å². The fourth-order valence-corrected chi connectivity index (χ4v) is 3.43. The van der Waals surface area contributed by atoms with E-state index in [0.717, 1.165) is 11.3 Å². The quantitative estimate of drug-likeness (QED) is 0.803. The Morgan fingerprint density at radius 2 is 2.24 bits per heavy atom. The van der Waals surface area contributed by atoms with Gasteiger partial charge in [0.15, 0.2) is 0 Å². The van der Waals surface area contributed by atoms with E-state index >= 15 is 0 Å². The maximum Gasteiger partial charge on any atom is 0.346 e. The molecule has 0 aliphatic carbocycles. The largest absolute Gasteiger partial charge is 0.477 e. The highest BCUT2D eigenvalue weighted by molar-refractivity contribution is 7.91. The van der Waals surface area contributed by atoms with Crippen LogP contribution in [0.25, 0.3) is 0 Å². The van der Waals surface area contributed by atoms with Gasteiger partial charge in [-0.05, 0) is 25.5 Å². The van der Waals surface area contributed by atoms with Crippen LogP contribution >= 0.6 is 11.3 Å². The zero-order valence-corrected chi connectivity index (χ0v) is 10.9. The molecular formula is C10H11NO4S2. The molecule has 1 heterocycles. The molecule has 0 unspecified atom stereocenters. The molecule has 0 bridgehead atoms. The van der Waals surface area contributed by atoms with Crippen LogP contribution in [0.15, 0.2) is 10.3 Å². The van der Waals surface area contributed by atoms with Crippen molar-refractivity contribution in [2.45, 2.75) is 18.1 Å². The van der Waals surface area contributed by atoms with Gasteiger partial charge in [-0.3, -0.25) is 0 Å². The average molecular weight is 273 g/mol. The predicted molar refractivity (Wildman–Crippen MR) is 64.7 cm³/mol. The lowest BCUT2D eigenvalue weighted by Crippen LogP contribution is -2.23. The van der Waals surface area contributed by atoms with Crippen LogP contribution in [0.4, 0.5) is 0 Å². The minimum atomic E-state index is -3.67. The first kappa shape index (κ1) is 13.7. The second-order valence-corrected chi connectivity index (χ2v) is 6.18. The topological polar surface area (TPSA) is 83.5 Å². The summed E-state index contributed by atoms with van der Waals surface area (Å²) in [5.41, 5.74) is 0.435. The molecule has 0 saturated heterocycles. The van der Waals surface area contributed by atoms with Gasteiger partial charge in [-0.1, -0.05) is 5.92 Å². The number of thiophene rings is 1. The molecule has 0 aliphatic rings. The van der Waals surface area contributed by atoms with E-state index in [2.05, 4.69) is 16.6 Å². The summed E-state index contributed by atoms with van der Waals surface area (Å²) in [4.78, 5) is 10.8. The molecule has 0 amide bonds. The van der Waals surface area contributed by atoms with Gasteiger partial charge >= 0.3 is 5.97 Å². The Bertz CT molecular complexity index is 590. The van der Waals surface area contributed by atoms with Crippen LogP contribution in [-0.4, -0.2) is 26.0 Å². The molecule has 1 aromatic heterocycles. The van der Waals surface area contributed by atoms with Crippen LogP contribution in [0.3, 0.4) is 0 Å². The Hall–Kier alpha value is -1.36. The smallest absolute Gasteiger partial charge is 0.346 e. The van der Waals surface area contributed by atoms with Gasteiger partial charge < -0.3 is 5.11 Å². The Morgan fingerprint density at radius 1 is 1.59 bits per heavy atom. The number of hydrogen-bond acceptors (Lipinski definition) is 4. The Kier molecular flexibility index (Phi) is 4.28. The van der Waals surface area contributed by atoms with Gasteiger partial charge in [0.1, 0.15) is 9.09 Å². The van der Waals surface area contributed by atoms with E-state index < -0.39 is 16.0 Å². The van der Waals surface area contributed by atoms with Crippen molar-refractivity contribution in [2.75, 3.05) is 6.54 Å². The zero-order chi connectivity index (χ0) is 13.1. The highest BCUT2D eigenvalue weighted by atomic mass is 32.2. The number of sulfonamides is 1. The standard InChI is InChI=1S/C10H11NO4S2/c1-3-4-5-11-17(14,15)8-6-7(2)9(16-8)10(12)13/h6,11H,5H2,1-2H3,(H,12,13).